The third-order valence-corrected chi connectivity index (χ3v) is 3.32. The van der Waals surface area contributed by atoms with Crippen LogP contribution in [0.1, 0.15) is 12.8 Å². The molecule has 1 N–H and O–H groups in total. The van der Waals surface area contributed by atoms with Crippen molar-refractivity contribution in [2.45, 2.75) is 18.9 Å². The van der Waals surface area contributed by atoms with Crippen LogP contribution >= 0.6 is 0 Å². The fourth-order valence-electron chi connectivity index (χ4n) is 2.21. The summed E-state index contributed by atoms with van der Waals surface area (Å²) in [5, 5.41) is 2.74. The van der Waals surface area contributed by atoms with E-state index >= 15 is 0 Å². The predicted molar refractivity (Wildman–Crippen MR) is 78.2 cm³/mol. The van der Waals surface area contributed by atoms with Crippen molar-refractivity contribution in [1.82, 2.24) is 4.90 Å². The molecule has 0 bridgehead atoms. The molecule has 2 rings (SSSR count). The first kappa shape index (κ1) is 15.3. The average Bonchev–Trinajstić information content (AvgIpc) is 3.00. The number of methoxy groups -OCH3 is 1. The number of rotatable bonds is 5. The Morgan fingerprint density at radius 2 is 2.29 bits per heavy atom. The summed E-state index contributed by atoms with van der Waals surface area (Å²) in [6, 6.07) is 7.07. The topological polar surface area (TPSA) is 67.9 Å². The van der Waals surface area contributed by atoms with Crippen LogP contribution in [0.25, 0.3) is 0 Å². The Morgan fingerprint density at radius 3 is 2.95 bits per heavy atom. The van der Waals surface area contributed by atoms with Gasteiger partial charge in [0.15, 0.2) is 0 Å². The summed E-state index contributed by atoms with van der Waals surface area (Å²) in [6.45, 7) is 0.607. The molecule has 6 heteroatoms. The Bertz CT molecular complexity index is 512. The van der Waals surface area contributed by atoms with E-state index in [1.807, 2.05) is 0 Å². The van der Waals surface area contributed by atoms with Gasteiger partial charge in [-0.3, -0.25) is 9.59 Å². The molecule has 0 radical (unpaired) electrons. The number of amides is 2. The highest BCUT2D eigenvalue weighted by Gasteiger charge is 2.27. The second-order valence-electron chi connectivity index (χ2n) is 4.98. The lowest BCUT2D eigenvalue weighted by Crippen LogP contribution is -2.40. The lowest BCUT2D eigenvalue weighted by Gasteiger charge is -2.20. The van der Waals surface area contributed by atoms with Crippen LogP contribution in [0.2, 0.25) is 0 Å². The van der Waals surface area contributed by atoms with Crippen LogP contribution in [-0.2, 0) is 14.3 Å². The van der Waals surface area contributed by atoms with Crippen molar-refractivity contribution in [3.8, 4) is 5.75 Å². The number of nitrogens with zero attached hydrogens (tertiary/aromatic N) is 1. The van der Waals surface area contributed by atoms with Crippen LogP contribution in [0.3, 0.4) is 0 Å². The second kappa shape index (κ2) is 7.08. The highest BCUT2D eigenvalue weighted by molar-refractivity contribution is 5.95. The first-order valence-corrected chi connectivity index (χ1v) is 6.90. The molecule has 1 aliphatic rings. The van der Waals surface area contributed by atoms with Gasteiger partial charge in [-0.05, 0) is 25.0 Å². The molecule has 1 fully saturated rings. The molecule has 1 heterocycles. The molecule has 1 aliphatic heterocycles. The Labute approximate surface area is 124 Å². The van der Waals surface area contributed by atoms with Crippen molar-refractivity contribution in [2.24, 2.45) is 0 Å². The monoisotopic (exact) mass is 292 g/mol. The molecule has 0 spiro atoms. The van der Waals surface area contributed by atoms with E-state index in [0.717, 1.165) is 12.8 Å². The maximum absolute atomic E-state index is 12.0. The molecular weight excluding hydrogens is 272 g/mol. The zero-order valence-electron chi connectivity index (χ0n) is 12.3. The van der Waals surface area contributed by atoms with Gasteiger partial charge in [-0.25, -0.2) is 0 Å². The largest absolute Gasteiger partial charge is 0.497 e. The molecule has 0 saturated carbocycles. The number of ether oxygens (including phenoxy) is 2. The quantitative estimate of drug-likeness (QED) is 0.887. The minimum absolute atomic E-state index is 0.00406. The number of carbonyl (C=O) groups is 2. The molecular formula is C15H20N2O4. The Balaban J connectivity index is 1.87. The number of benzene rings is 1. The van der Waals surface area contributed by atoms with E-state index in [0.29, 0.717) is 18.0 Å². The lowest BCUT2D eigenvalue weighted by molar-refractivity contribution is -0.141. The summed E-state index contributed by atoms with van der Waals surface area (Å²) in [7, 11) is 3.17. The molecule has 114 valence electrons. The smallest absolute Gasteiger partial charge is 0.251 e. The molecule has 0 aromatic heterocycles. The second-order valence-corrected chi connectivity index (χ2v) is 4.98. The van der Waals surface area contributed by atoms with Crippen molar-refractivity contribution in [3.63, 3.8) is 0 Å². The molecule has 6 nitrogen and oxygen atoms in total. The molecule has 1 saturated heterocycles. The first-order chi connectivity index (χ1) is 10.1. The van der Waals surface area contributed by atoms with Gasteiger partial charge in [-0.1, -0.05) is 6.07 Å². The SMILES string of the molecule is COc1cccc(NC(=O)CN(C)C(=O)[C@@H]2CCCO2)c1. The molecule has 21 heavy (non-hydrogen) atoms. The highest BCUT2D eigenvalue weighted by Crippen LogP contribution is 2.17. The Morgan fingerprint density at radius 1 is 1.48 bits per heavy atom. The van der Waals surface area contributed by atoms with Gasteiger partial charge >= 0.3 is 0 Å². The van der Waals surface area contributed by atoms with Crippen molar-refractivity contribution in [1.29, 1.82) is 0 Å². The van der Waals surface area contributed by atoms with E-state index in [1.54, 1.807) is 38.4 Å². The molecule has 0 unspecified atom stereocenters. The zero-order chi connectivity index (χ0) is 15.2. The van der Waals surface area contributed by atoms with Crippen LogP contribution in [0.4, 0.5) is 5.69 Å². The van der Waals surface area contributed by atoms with Gasteiger partial charge in [0.2, 0.25) is 5.91 Å². The molecule has 1 atom stereocenters. The van der Waals surface area contributed by atoms with Crippen molar-refractivity contribution in [3.05, 3.63) is 24.3 Å². The Kier molecular flexibility index (Phi) is 5.16. The van der Waals surface area contributed by atoms with Gasteiger partial charge in [0, 0.05) is 25.4 Å². The zero-order valence-corrected chi connectivity index (χ0v) is 12.3. The molecule has 2 amide bonds. The van der Waals surface area contributed by atoms with Gasteiger partial charge < -0.3 is 19.7 Å². The summed E-state index contributed by atoms with van der Waals surface area (Å²) in [4.78, 5) is 25.4. The standard InChI is InChI=1S/C15H20N2O4/c1-17(15(19)13-7-4-8-21-13)10-14(18)16-11-5-3-6-12(9-11)20-2/h3,5-6,9,13H,4,7-8,10H2,1-2H3,(H,16,18)/t13-/m0/s1. The van der Waals surface area contributed by atoms with Crippen LogP contribution in [0, 0.1) is 0 Å². The van der Waals surface area contributed by atoms with Gasteiger partial charge in [0.05, 0.1) is 13.7 Å². The highest BCUT2D eigenvalue weighted by atomic mass is 16.5. The Hall–Kier alpha value is -2.08. The number of carbonyl (C=O) groups excluding carboxylic acids is 2. The van der Waals surface area contributed by atoms with E-state index in [-0.39, 0.29) is 18.4 Å². The van der Waals surface area contributed by atoms with Gasteiger partial charge in [-0.15, -0.1) is 0 Å². The number of hydrogen-bond donors (Lipinski definition) is 1. The fraction of sp³-hybridized carbons (Fsp3) is 0.467. The van der Waals surface area contributed by atoms with Crippen molar-refractivity contribution in [2.75, 3.05) is 32.6 Å². The summed E-state index contributed by atoms with van der Waals surface area (Å²) >= 11 is 0. The normalized spacial score (nSPS) is 17.3. The summed E-state index contributed by atoms with van der Waals surface area (Å²) in [6.07, 6.45) is 1.21. The van der Waals surface area contributed by atoms with Gasteiger partial charge in [-0.2, -0.15) is 0 Å². The van der Waals surface area contributed by atoms with Gasteiger partial charge in [0.1, 0.15) is 11.9 Å². The number of anilines is 1. The predicted octanol–water partition coefficient (Wildman–Crippen LogP) is 1.27. The number of hydrogen-bond acceptors (Lipinski definition) is 4. The third kappa shape index (κ3) is 4.19. The van der Waals surface area contributed by atoms with Crippen molar-refractivity contribution >= 4 is 17.5 Å². The summed E-state index contributed by atoms with van der Waals surface area (Å²) < 4.78 is 10.4. The third-order valence-electron chi connectivity index (χ3n) is 3.32. The maximum Gasteiger partial charge on any atom is 0.251 e. The molecule has 0 aliphatic carbocycles. The minimum Gasteiger partial charge on any atom is -0.497 e. The van der Waals surface area contributed by atoms with E-state index in [9.17, 15) is 9.59 Å². The van der Waals surface area contributed by atoms with Gasteiger partial charge in [0.25, 0.3) is 5.91 Å². The summed E-state index contributed by atoms with van der Waals surface area (Å²) in [5.74, 6) is 0.266. The number of nitrogens with one attached hydrogen (secondary N) is 1. The number of likely N-dealkylation sites (N-methyl/N-ethyl adjacent to an activating group) is 1. The van der Waals surface area contributed by atoms with E-state index < -0.39 is 6.10 Å². The molecule has 1 aromatic rings. The van der Waals surface area contributed by atoms with E-state index in [1.165, 1.54) is 4.90 Å². The van der Waals surface area contributed by atoms with Crippen LogP contribution in [0.15, 0.2) is 24.3 Å². The maximum atomic E-state index is 12.0. The minimum atomic E-state index is -0.403. The summed E-state index contributed by atoms with van der Waals surface area (Å²) in [5.41, 5.74) is 0.636. The lowest BCUT2D eigenvalue weighted by atomic mass is 10.2. The fourth-order valence-corrected chi connectivity index (χ4v) is 2.21. The van der Waals surface area contributed by atoms with E-state index in [2.05, 4.69) is 5.32 Å². The van der Waals surface area contributed by atoms with Crippen LogP contribution in [-0.4, -0.2) is 50.1 Å². The molecule has 1 aromatic carbocycles. The van der Waals surface area contributed by atoms with Crippen LogP contribution < -0.4 is 10.1 Å². The van der Waals surface area contributed by atoms with Crippen LogP contribution in [0.5, 0.6) is 5.75 Å². The van der Waals surface area contributed by atoms with E-state index in [4.69, 9.17) is 9.47 Å². The first-order valence-electron chi connectivity index (χ1n) is 6.90. The van der Waals surface area contributed by atoms with Crippen molar-refractivity contribution < 1.29 is 19.1 Å². The average molecular weight is 292 g/mol.